The maximum atomic E-state index is 5.62. The highest BCUT2D eigenvalue weighted by Crippen LogP contribution is 2.07. The molecular weight excluding hydrogens is 216 g/mol. The van der Waals surface area contributed by atoms with E-state index in [-0.39, 0.29) is 0 Å². The van der Waals surface area contributed by atoms with Crippen LogP contribution in [0.25, 0.3) is 0 Å². The van der Waals surface area contributed by atoms with E-state index in [4.69, 9.17) is 17.0 Å². The summed E-state index contributed by atoms with van der Waals surface area (Å²) in [6.07, 6.45) is 15.2. The van der Waals surface area contributed by atoms with E-state index in [0.29, 0.717) is 5.76 Å². The predicted molar refractivity (Wildman–Crippen MR) is 75.3 cm³/mol. The zero-order valence-corrected chi connectivity index (χ0v) is 10.8. The van der Waals surface area contributed by atoms with Crippen LogP contribution in [0.4, 0.5) is 0 Å². The Morgan fingerprint density at radius 1 is 0.875 bits per heavy atom. The largest absolute Gasteiger partial charge is 0.457 e. The highest BCUT2D eigenvalue weighted by atomic mass is 32.1. The molecule has 0 aliphatic rings. The van der Waals surface area contributed by atoms with Gasteiger partial charge in [-0.1, -0.05) is 42.6 Å². The minimum atomic E-state index is 0.655. The first kappa shape index (κ1) is 14.6. The second kappa shape index (κ2) is 10.1. The fourth-order valence-corrected chi connectivity index (χ4v) is 1.03. The van der Waals surface area contributed by atoms with Crippen molar-refractivity contribution in [3.05, 3.63) is 60.1 Å². The number of thiocarbonyl (C=S) groups is 1. The molecule has 0 atom stereocenters. The molecule has 2 heteroatoms. The maximum Gasteiger partial charge on any atom is 0.138 e. The van der Waals surface area contributed by atoms with Gasteiger partial charge in [0.15, 0.2) is 0 Å². The third-order valence-corrected chi connectivity index (χ3v) is 1.82. The molecule has 0 aromatic rings. The topological polar surface area (TPSA) is 9.23 Å². The van der Waals surface area contributed by atoms with Crippen LogP contribution in [0.1, 0.15) is 20.8 Å². The monoisotopic (exact) mass is 234 g/mol. The Morgan fingerprint density at radius 3 is 1.88 bits per heavy atom. The Hall–Kier alpha value is -1.41. The van der Waals surface area contributed by atoms with Crippen LogP contribution in [-0.2, 0) is 4.74 Å². The number of rotatable bonds is 6. The zero-order valence-electron chi connectivity index (χ0n) is 10.0. The van der Waals surface area contributed by atoms with E-state index in [2.05, 4.69) is 0 Å². The van der Waals surface area contributed by atoms with Crippen molar-refractivity contribution in [3.63, 3.8) is 0 Å². The van der Waals surface area contributed by atoms with Crippen LogP contribution in [0.5, 0.6) is 0 Å². The number of hydrogen-bond acceptors (Lipinski definition) is 2. The Labute approximate surface area is 104 Å². The molecule has 86 valence electrons. The fourth-order valence-electron chi connectivity index (χ4n) is 0.903. The summed E-state index contributed by atoms with van der Waals surface area (Å²) in [6, 6.07) is 0. The van der Waals surface area contributed by atoms with E-state index < -0.39 is 0 Å². The van der Waals surface area contributed by atoms with Crippen molar-refractivity contribution in [2.24, 2.45) is 0 Å². The molecule has 0 bridgehead atoms. The molecule has 0 amide bonds. The van der Waals surface area contributed by atoms with Gasteiger partial charge in [0, 0.05) is 5.37 Å². The molecule has 0 saturated carbocycles. The second-order valence-electron chi connectivity index (χ2n) is 2.91. The molecule has 0 aliphatic heterocycles. The van der Waals surface area contributed by atoms with Crippen LogP contribution in [-0.4, -0.2) is 5.37 Å². The molecule has 0 heterocycles. The van der Waals surface area contributed by atoms with Gasteiger partial charge in [-0.25, -0.2) is 0 Å². The van der Waals surface area contributed by atoms with Gasteiger partial charge in [0.2, 0.25) is 0 Å². The molecule has 0 aliphatic carbocycles. The molecule has 0 saturated heterocycles. The first-order valence-electron chi connectivity index (χ1n) is 5.20. The van der Waals surface area contributed by atoms with Gasteiger partial charge in [0.25, 0.3) is 0 Å². The summed E-state index contributed by atoms with van der Waals surface area (Å²) in [7, 11) is 0. The highest BCUT2D eigenvalue weighted by Gasteiger charge is 1.95. The van der Waals surface area contributed by atoms with E-state index in [9.17, 15) is 0 Å². The van der Waals surface area contributed by atoms with Gasteiger partial charge in [-0.3, -0.25) is 0 Å². The van der Waals surface area contributed by atoms with Gasteiger partial charge in [-0.15, -0.1) is 0 Å². The summed E-state index contributed by atoms with van der Waals surface area (Å²) in [4.78, 5) is 0. The van der Waals surface area contributed by atoms with Crippen molar-refractivity contribution in [3.8, 4) is 0 Å². The van der Waals surface area contributed by atoms with Gasteiger partial charge in [-0.05, 0) is 39.0 Å². The van der Waals surface area contributed by atoms with Crippen molar-refractivity contribution in [2.45, 2.75) is 20.8 Å². The molecule has 1 nitrogen and oxygen atoms in total. The number of ether oxygens (including phenoxy) is 1. The molecule has 0 spiro atoms. The minimum Gasteiger partial charge on any atom is -0.457 e. The summed E-state index contributed by atoms with van der Waals surface area (Å²) in [5, 5.41) is 1.52. The quantitative estimate of drug-likeness (QED) is 0.290. The fraction of sp³-hybridized carbons (Fsp3) is 0.214. The first-order chi connectivity index (χ1) is 7.78. The average molecular weight is 234 g/mol. The van der Waals surface area contributed by atoms with Crippen LogP contribution >= 0.6 is 12.2 Å². The van der Waals surface area contributed by atoms with Crippen LogP contribution in [0.2, 0.25) is 0 Å². The standard InChI is InChI=1S/C14H18OS/c1-4-7-10-13(9-6-3)15-14(12-16)11-8-5-2/h4-12H,1-3H3/b7-4-,8-5-,9-6-,13-10+,14-11+. The zero-order chi connectivity index (χ0) is 12.2. The van der Waals surface area contributed by atoms with Crippen molar-refractivity contribution in [1.82, 2.24) is 0 Å². The molecule has 0 fully saturated rings. The van der Waals surface area contributed by atoms with Crippen LogP contribution < -0.4 is 0 Å². The van der Waals surface area contributed by atoms with E-state index in [0.717, 1.165) is 5.76 Å². The van der Waals surface area contributed by atoms with Gasteiger partial charge in [0.05, 0.1) is 0 Å². The van der Waals surface area contributed by atoms with Crippen LogP contribution in [0, 0.1) is 0 Å². The number of hydrogen-bond donors (Lipinski definition) is 0. The van der Waals surface area contributed by atoms with Crippen LogP contribution in [0.15, 0.2) is 60.1 Å². The lowest BCUT2D eigenvalue weighted by Gasteiger charge is -2.05. The first-order valence-corrected chi connectivity index (χ1v) is 5.67. The molecule has 0 aromatic heterocycles. The van der Waals surface area contributed by atoms with Crippen molar-refractivity contribution >= 4 is 17.6 Å². The van der Waals surface area contributed by atoms with Gasteiger partial charge < -0.3 is 4.74 Å². The average Bonchev–Trinajstić information content (AvgIpc) is 2.31. The maximum absolute atomic E-state index is 5.62. The van der Waals surface area contributed by atoms with Crippen molar-refractivity contribution < 1.29 is 4.74 Å². The van der Waals surface area contributed by atoms with Gasteiger partial charge >= 0.3 is 0 Å². The molecule has 0 aromatic carbocycles. The van der Waals surface area contributed by atoms with Crippen LogP contribution in [0.3, 0.4) is 0 Å². The Kier molecular flexibility index (Phi) is 9.23. The predicted octanol–water partition coefficient (Wildman–Crippen LogP) is 4.50. The SMILES string of the molecule is C/C=C\C=C(/C=S)OC(/C=C\C)=C/C=C\C. The summed E-state index contributed by atoms with van der Waals surface area (Å²) in [5.74, 6) is 1.42. The third-order valence-electron chi connectivity index (χ3n) is 1.59. The lowest BCUT2D eigenvalue weighted by molar-refractivity contribution is 0.348. The lowest BCUT2D eigenvalue weighted by atomic mass is 10.3. The molecule has 0 radical (unpaired) electrons. The van der Waals surface area contributed by atoms with Gasteiger partial charge in [0.1, 0.15) is 11.5 Å². The molecule has 0 N–H and O–H groups in total. The molecule has 0 rings (SSSR count). The Balaban J connectivity index is 4.78. The normalized spacial score (nSPS) is 14.2. The summed E-state index contributed by atoms with van der Waals surface area (Å²) in [5.41, 5.74) is 0. The van der Waals surface area contributed by atoms with Gasteiger partial charge in [-0.2, -0.15) is 0 Å². The second-order valence-corrected chi connectivity index (χ2v) is 3.15. The smallest absolute Gasteiger partial charge is 0.138 e. The van der Waals surface area contributed by atoms with Crippen molar-refractivity contribution in [1.29, 1.82) is 0 Å². The Bertz CT molecular complexity index is 344. The lowest BCUT2D eigenvalue weighted by Crippen LogP contribution is -1.91. The van der Waals surface area contributed by atoms with E-state index in [1.807, 2.05) is 69.4 Å². The van der Waals surface area contributed by atoms with Crippen molar-refractivity contribution in [2.75, 3.05) is 0 Å². The summed E-state index contributed by atoms with van der Waals surface area (Å²) >= 11 is 4.88. The Morgan fingerprint density at radius 2 is 1.44 bits per heavy atom. The molecular formula is C14H18OS. The minimum absolute atomic E-state index is 0.655. The summed E-state index contributed by atoms with van der Waals surface area (Å²) < 4.78 is 5.62. The summed E-state index contributed by atoms with van der Waals surface area (Å²) in [6.45, 7) is 5.85. The number of allylic oxidation sites excluding steroid dienone is 9. The van der Waals surface area contributed by atoms with E-state index in [1.54, 1.807) is 0 Å². The highest BCUT2D eigenvalue weighted by molar-refractivity contribution is 7.79. The van der Waals surface area contributed by atoms with E-state index >= 15 is 0 Å². The molecule has 16 heavy (non-hydrogen) atoms. The van der Waals surface area contributed by atoms with E-state index in [1.165, 1.54) is 5.37 Å². The molecule has 0 unspecified atom stereocenters. The third kappa shape index (κ3) is 6.96.